The first-order valence-electron chi connectivity index (χ1n) is 7.07. The number of ether oxygens (including phenoxy) is 4. The van der Waals surface area contributed by atoms with Crippen molar-refractivity contribution in [2.45, 2.75) is 39.1 Å². The number of aromatic amines is 1. The van der Waals surface area contributed by atoms with Gasteiger partial charge < -0.3 is 23.9 Å². The van der Waals surface area contributed by atoms with E-state index in [4.69, 9.17) is 18.9 Å². The average molecular weight is 325 g/mol. The van der Waals surface area contributed by atoms with Crippen LogP contribution in [0.2, 0.25) is 0 Å². The molecule has 8 nitrogen and oxygen atoms in total. The van der Waals surface area contributed by atoms with Crippen LogP contribution in [0.3, 0.4) is 0 Å². The van der Waals surface area contributed by atoms with Crippen LogP contribution in [0.4, 0.5) is 0 Å². The van der Waals surface area contributed by atoms with Crippen molar-refractivity contribution in [1.29, 1.82) is 0 Å². The summed E-state index contributed by atoms with van der Waals surface area (Å²) in [5.41, 5.74) is 1.51. The predicted molar refractivity (Wildman–Crippen MR) is 76.7 cm³/mol. The Hall–Kier alpha value is -2.35. The van der Waals surface area contributed by atoms with E-state index in [1.807, 2.05) is 0 Å². The van der Waals surface area contributed by atoms with E-state index in [-0.39, 0.29) is 6.61 Å². The van der Waals surface area contributed by atoms with E-state index in [1.54, 1.807) is 13.0 Å². The Morgan fingerprint density at radius 2 is 1.87 bits per heavy atom. The highest BCUT2D eigenvalue weighted by Crippen LogP contribution is 2.34. The SMILES string of the molecule is COC(=O)c1cc([C@@H]2OC[C@@H](OC(C)=O)[C@H]2OC(C)=O)[nH]c1C. The van der Waals surface area contributed by atoms with Crippen LogP contribution in [0.1, 0.15) is 41.7 Å². The van der Waals surface area contributed by atoms with Gasteiger partial charge in [0.25, 0.3) is 0 Å². The number of hydrogen-bond acceptors (Lipinski definition) is 7. The van der Waals surface area contributed by atoms with Gasteiger partial charge in [-0.3, -0.25) is 9.59 Å². The molecule has 1 aromatic rings. The largest absolute Gasteiger partial charge is 0.465 e. The molecule has 0 aromatic carbocycles. The van der Waals surface area contributed by atoms with Gasteiger partial charge in [-0.1, -0.05) is 0 Å². The monoisotopic (exact) mass is 325 g/mol. The number of carbonyl (C=O) groups is 3. The fraction of sp³-hybridized carbons (Fsp3) is 0.533. The molecule has 2 heterocycles. The van der Waals surface area contributed by atoms with Gasteiger partial charge in [0.05, 0.1) is 19.3 Å². The lowest BCUT2D eigenvalue weighted by Crippen LogP contribution is -2.34. The highest BCUT2D eigenvalue weighted by Gasteiger charge is 2.44. The molecule has 0 radical (unpaired) electrons. The zero-order valence-corrected chi connectivity index (χ0v) is 13.4. The molecular formula is C15H19NO7. The third-order valence-corrected chi connectivity index (χ3v) is 3.47. The summed E-state index contributed by atoms with van der Waals surface area (Å²) in [4.78, 5) is 37.2. The fourth-order valence-corrected chi connectivity index (χ4v) is 2.55. The van der Waals surface area contributed by atoms with Crippen molar-refractivity contribution < 1.29 is 33.3 Å². The summed E-state index contributed by atoms with van der Waals surface area (Å²) < 4.78 is 20.7. The molecule has 1 aliphatic rings. The molecule has 0 unspecified atom stereocenters. The summed E-state index contributed by atoms with van der Waals surface area (Å²) in [5.74, 6) is -1.49. The first kappa shape index (κ1) is 17.0. The quantitative estimate of drug-likeness (QED) is 0.651. The predicted octanol–water partition coefficient (Wildman–Crippen LogP) is 1.04. The number of carbonyl (C=O) groups excluding carboxylic acids is 3. The molecule has 0 aliphatic carbocycles. The van der Waals surface area contributed by atoms with E-state index in [9.17, 15) is 14.4 Å². The van der Waals surface area contributed by atoms with Crippen molar-refractivity contribution in [2.24, 2.45) is 0 Å². The maximum Gasteiger partial charge on any atom is 0.339 e. The van der Waals surface area contributed by atoms with Crippen LogP contribution in [-0.4, -0.2) is 48.8 Å². The van der Waals surface area contributed by atoms with E-state index in [1.165, 1.54) is 21.0 Å². The molecule has 23 heavy (non-hydrogen) atoms. The van der Waals surface area contributed by atoms with Crippen molar-refractivity contribution in [1.82, 2.24) is 4.98 Å². The van der Waals surface area contributed by atoms with E-state index in [2.05, 4.69) is 4.98 Å². The minimum absolute atomic E-state index is 0.0911. The Morgan fingerprint density at radius 3 is 2.43 bits per heavy atom. The van der Waals surface area contributed by atoms with Crippen molar-refractivity contribution in [3.05, 3.63) is 23.0 Å². The molecule has 0 spiro atoms. The van der Waals surface area contributed by atoms with Crippen LogP contribution in [0.5, 0.6) is 0 Å². The highest BCUT2D eigenvalue weighted by molar-refractivity contribution is 5.90. The molecule has 1 aliphatic heterocycles. The number of aromatic nitrogens is 1. The van der Waals surface area contributed by atoms with E-state index in [0.717, 1.165) is 0 Å². The third-order valence-electron chi connectivity index (χ3n) is 3.47. The molecular weight excluding hydrogens is 306 g/mol. The van der Waals surface area contributed by atoms with Gasteiger partial charge >= 0.3 is 17.9 Å². The molecule has 1 aromatic heterocycles. The van der Waals surface area contributed by atoms with Gasteiger partial charge in [-0.2, -0.15) is 0 Å². The van der Waals surface area contributed by atoms with Crippen LogP contribution < -0.4 is 0 Å². The van der Waals surface area contributed by atoms with E-state index in [0.29, 0.717) is 17.0 Å². The zero-order valence-electron chi connectivity index (χ0n) is 13.4. The van der Waals surface area contributed by atoms with Crippen LogP contribution in [0.15, 0.2) is 6.07 Å². The van der Waals surface area contributed by atoms with Gasteiger partial charge in [0, 0.05) is 25.2 Å². The van der Waals surface area contributed by atoms with E-state index >= 15 is 0 Å². The molecule has 1 N–H and O–H groups in total. The Kier molecular flexibility index (Phi) is 5.05. The number of H-pyrrole nitrogens is 1. The van der Waals surface area contributed by atoms with E-state index < -0.39 is 36.2 Å². The summed E-state index contributed by atoms with van der Waals surface area (Å²) in [6.45, 7) is 4.34. The van der Waals surface area contributed by atoms with Crippen LogP contribution in [0, 0.1) is 6.92 Å². The van der Waals surface area contributed by atoms with Gasteiger partial charge in [0.15, 0.2) is 12.2 Å². The number of hydrogen-bond donors (Lipinski definition) is 1. The second kappa shape index (κ2) is 6.82. The minimum atomic E-state index is -0.792. The van der Waals surface area contributed by atoms with Crippen molar-refractivity contribution in [3.63, 3.8) is 0 Å². The van der Waals surface area contributed by atoms with Crippen LogP contribution in [-0.2, 0) is 28.5 Å². The Morgan fingerprint density at radius 1 is 1.22 bits per heavy atom. The minimum Gasteiger partial charge on any atom is -0.465 e. The summed E-state index contributed by atoms with van der Waals surface area (Å²) in [6.07, 6.45) is -2.16. The molecule has 1 fully saturated rings. The molecule has 3 atom stereocenters. The lowest BCUT2D eigenvalue weighted by Gasteiger charge is -2.21. The van der Waals surface area contributed by atoms with Crippen LogP contribution >= 0.6 is 0 Å². The Labute approximate surface area is 133 Å². The summed E-state index contributed by atoms with van der Waals surface area (Å²) >= 11 is 0. The number of aryl methyl sites for hydroxylation is 1. The molecule has 0 bridgehead atoms. The number of methoxy groups -OCH3 is 1. The summed E-state index contributed by atoms with van der Waals surface area (Å²) in [7, 11) is 1.29. The first-order chi connectivity index (χ1) is 10.8. The van der Waals surface area contributed by atoms with Gasteiger partial charge in [0.2, 0.25) is 0 Å². The summed E-state index contributed by atoms with van der Waals surface area (Å²) in [6, 6.07) is 1.58. The maximum absolute atomic E-state index is 11.7. The second-order valence-electron chi connectivity index (χ2n) is 5.23. The zero-order chi connectivity index (χ0) is 17.1. The van der Waals surface area contributed by atoms with Gasteiger partial charge in [-0.25, -0.2) is 4.79 Å². The van der Waals surface area contributed by atoms with Gasteiger partial charge in [0.1, 0.15) is 6.10 Å². The second-order valence-corrected chi connectivity index (χ2v) is 5.23. The lowest BCUT2D eigenvalue weighted by molar-refractivity contribution is -0.163. The summed E-state index contributed by atoms with van der Waals surface area (Å²) in [5, 5.41) is 0. The molecule has 2 rings (SSSR count). The average Bonchev–Trinajstić information content (AvgIpc) is 3.01. The molecule has 8 heteroatoms. The Balaban J connectivity index is 2.28. The number of nitrogens with one attached hydrogen (secondary N) is 1. The maximum atomic E-state index is 11.7. The molecule has 1 saturated heterocycles. The van der Waals surface area contributed by atoms with Gasteiger partial charge in [-0.05, 0) is 13.0 Å². The van der Waals surface area contributed by atoms with Crippen molar-refractivity contribution in [2.75, 3.05) is 13.7 Å². The van der Waals surface area contributed by atoms with Crippen molar-refractivity contribution >= 4 is 17.9 Å². The molecule has 0 saturated carbocycles. The third kappa shape index (κ3) is 3.70. The fourth-order valence-electron chi connectivity index (χ4n) is 2.55. The normalized spacial score (nSPS) is 23.4. The van der Waals surface area contributed by atoms with Crippen LogP contribution in [0.25, 0.3) is 0 Å². The number of rotatable bonds is 4. The Bertz CT molecular complexity index is 621. The topological polar surface area (TPSA) is 104 Å². The van der Waals surface area contributed by atoms with Gasteiger partial charge in [-0.15, -0.1) is 0 Å². The first-order valence-corrected chi connectivity index (χ1v) is 7.07. The highest BCUT2D eigenvalue weighted by atomic mass is 16.6. The number of esters is 3. The lowest BCUT2D eigenvalue weighted by atomic mass is 10.1. The molecule has 126 valence electrons. The van der Waals surface area contributed by atoms with Crippen molar-refractivity contribution in [3.8, 4) is 0 Å². The smallest absolute Gasteiger partial charge is 0.339 e. The standard InChI is InChI=1S/C15H19NO7/c1-7-10(15(19)20-4)5-11(16-7)13-14(23-9(3)18)12(6-21-13)22-8(2)17/h5,12-14,16H,6H2,1-4H3/t12-,13+,14-/m1/s1. The molecule has 0 amide bonds.